The van der Waals surface area contributed by atoms with E-state index in [1.807, 2.05) is 19.1 Å². The maximum Gasteiger partial charge on any atom is 0.231 e. The zero-order valence-electron chi connectivity index (χ0n) is 10.9. The van der Waals surface area contributed by atoms with Gasteiger partial charge in [-0.2, -0.15) is 0 Å². The molecule has 0 heterocycles. The Bertz CT molecular complexity index is 644. The molecule has 0 spiro atoms. The summed E-state index contributed by atoms with van der Waals surface area (Å²) in [5, 5.41) is 3.51. The number of nitrogen functional groups attached to an aromatic ring is 1. The van der Waals surface area contributed by atoms with Crippen molar-refractivity contribution in [3.8, 4) is 0 Å². The molecule has 0 aromatic heterocycles. The van der Waals surface area contributed by atoms with Crippen LogP contribution in [-0.4, -0.2) is 5.91 Å². The molecule has 3 nitrogen and oxygen atoms in total. The third kappa shape index (κ3) is 3.24. The van der Waals surface area contributed by atoms with Crippen LogP contribution in [0.25, 0.3) is 0 Å². The second kappa shape index (κ2) is 6.16. The van der Waals surface area contributed by atoms with Gasteiger partial charge in [0, 0.05) is 5.69 Å². The van der Waals surface area contributed by atoms with Crippen LogP contribution in [0.4, 0.5) is 11.4 Å². The van der Waals surface area contributed by atoms with E-state index in [9.17, 15) is 4.79 Å². The fraction of sp³-hybridized carbons (Fsp3) is 0.133. The van der Waals surface area contributed by atoms with Gasteiger partial charge < -0.3 is 11.1 Å². The van der Waals surface area contributed by atoms with Crippen molar-refractivity contribution in [1.29, 1.82) is 0 Å². The highest BCUT2D eigenvalue weighted by atomic mass is 35.5. The van der Waals surface area contributed by atoms with Gasteiger partial charge in [-0.1, -0.05) is 41.4 Å². The van der Waals surface area contributed by atoms with E-state index in [2.05, 4.69) is 5.32 Å². The predicted molar refractivity (Wildman–Crippen MR) is 84.4 cm³/mol. The quantitative estimate of drug-likeness (QED) is 0.830. The summed E-state index contributed by atoms with van der Waals surface area (Å²) >= 11 is 12.0. The lowest BCUT2D eigenvalue weighted by atomic mass is 10.00. The van der Waals surface area contributed by atoms with E-state index < -0.39 is 0 Å². The molecule has 0 bridgehead atoms. The average Bonchev–Trinajstić information content (AvgIpc) is 2.43. The van der Waals surface area contributed by atoms with Crippen molar-refractivity contribution in [2.24, 2.45) is 0 Å². The van der Waals surface area contributed by atoms with Gasteiger partial charge in [-0.25, -0.2) is 0 Å². The van der Waals surface area contributed by atoms with Gasteiger partial charge in [0.25, 0.3) is 0 Å². The van der Waals surface area contributed by atoms with Crippen LogP contribution in [0.1, 0.15) is 18.4 Å². The molecule has 104 valence electrons. The smallest absolute Gasteiger partial charge is 0.231 e. The maximum absolute atomic E-state index is 12.2. The third-order valence-electron chi connectivity index (χ3n) is 3.01. The highest BCUT2D eigenvalue weighted by molar-refractivity contribution is 6.44. The van der Waals surface area contributed by atoms with E-state index in [0.29, 0.717) is 21.4 Å². The summed E-state index contributed by atoms with van der Waals surface area (Å²) in [5.74, 6) is -0.506. The molecule has 1 amide bonds. The lowest BCUT2D eigenvalue weighted by Gasteiger charge is -2.14. The van der Waals surface area contributed by atoms with Gasteiger partial charge in [0.2, 0.25) is 5.91 Å². The predicted octanol–water partition coefficient (Wildman–Crippen LogP) is 4.32. The van der Waals surface area contributed by atoms with E-state index in [1.165, 1.54) is 0 Å². The highest BCUT2D eigenvalue weighted by Crippen LogP contribution is 2.30. The van der Waals surface area contributed by atoms with Gasteiger partial charge in [-0.3, -0.25) is 4.79 Å². The second-order valence-corrected chi connectivity index (χ2v) is 5.27. The second-order valence-electron chi connectivity index (χ2n) is 4.48. The van der Waals surface area contributed by atoms with Crippen molar-refractivity contribution >= 4 is 40.5 Å². The van der Waals surface area contributed by atoms with Crippen LogP contribution in [-0.2, 0) is 4.79 Å². The summed E-state index contributed by atoms with van der Waals surface area (Å²) in [6, 6.07) is 12.3. The standard InChI is InChI=1S/C15H14Cl2N2O/c1-9(10-4-2-5-11(18)8-10)15(20)19-13-7-3-6-12(16)14(13)17/h2-9H,18H2,1H3,(H,19,20). The van der Waals surface area contributed by atoms with Crippen LogP contribution in [0, 0.1) is 0 Å². The minimum Gasteiger partial charge on any atom is -0.399 e. The van der Waals surface area contributed by atoms with E-state index in [1.54, 1.807) is 30.3 Å². The number of anilines is 2. The fourth-order valence-corrected chi connectivity index (χ4v) is 2.17. The Morgan fingerprint density at radius 2 is 1.90 bits per heavy atom. The van der Waals surface area contributed by atoms with E-state index in [4.69, 9.17) is 28.9 Å². The first-order valence-electron chi connectivity index (χ1n) is 6.09. The SMILES string of the molecule is CC(C(=O)Nc1cccc(Cl)c1Cl)c1cccc(N)c1. The number of nitrogens with two attached hydrogens (primary N) is 1. The molecule has 0 aliphatic carbocycles. The molecule has 0 fully saturated rings. The molecule has 2 aromatic rings. The maximum atomic E-state index is 12.2. The number of nitrogens with one attached hydrogen (secondary N) is 1. The first-order chi connectivity index (χ1) is 9.49. The molecule has 0 saturated heterocycles. The summed E-state index contributed by atoms with van der Waals surface area (Å²) in [6.45, 7) is 1.81. The van der Waals surface area contributed by atoms with Crippen LogP contribution >= 0.6 is 23.2 Å². The number of carbonyl (C=O) groups excluding carboxylic acids is 1. The molecule has 2 rings (SSSR count). The lowest BCUT2D eigenvalue weighted by molar-refractivity contribution is -0.117. The van der Waals surface area contributed by atoms with Crippen molar-refractivity contribution in [3.63, 3.8) is 0 Å². The van der Waals surface area contributed by atoms with Crippen LogP contribution in [0.5, 0.6) is 0 Å². The van der Waals surface area contributed by atoms with Crippen LogP contribution in [0.15, 0.2) is 42.5 Å². The average molecular weight is 309 g/mol. The van der Waals surface area contributed by atoms with Gasteiger partial charge in [-0.15, -0.1) is 0 Å². The normalized spacial score (nSPS) is 11.9. The Hall–Kier alpha value is -1.71. The number of benzene rings is 2. The number of hydrogen-bond acceptors (Lipinski definition) is 2. The Balaban J connectivity index is 2.18. The monoisotopic (exact) mass is 308 g/mol. The summed E-state index contributed by atoms with van der Waals surface area (Å²) in [6.07, 6.45) is 0. The number of hydrogen-bond donors (Lipinski definition) is 2. The zero-order valence-corrected chi connectivity index (χ0v) is 12.4. The molecule has 1 atom stereocenters. The Kier molecular flexibility index (Phi) is 4.53. The van der Waals surface area contributed by atoms with Gasteiger partial charge in [0.05, 0.1) is 21.7 Å². The molecule has 5 heteroatoms. The fourth-order valence-electron chi connectivity index (χ4n) is 1.82. The summed E-state index contributed by atoms with van der Waals surface area (Å²) in [7, 11) is 0. The molecule has 3 N–H and O–H groups in total. The highest BCUT2D eigenvalue weighted by Gasteiger charge is 2.17. The van der Waals surface area contributed by atoms with Crippen molar-refractivity contribution in [2.45, 2.75) is 12.8 Å². The molecule has 1 unspecified atom stereocenters. The van der Waals surface area contributed by atoms with Gasteiger partial charge in [-0.05, 0) is 36.8 Å². The van der Waals surface area contributed by atoms with Crippen molar-refractivity contribution in [1.82, 2.24) is 0 Å². The largest absolute Gasteiger partial charge is 0.399 e. The first-order valence-corrected chi connectivity index (χ1v) is 6.85. The molecule has 0 saturated carbocycles. The van der Waals surface area contributed by atoms with E-state index in [0.717, 1.165) is 5.56 Å². The molecular formula is C15H14Cl2N2O. The molecular weight excluding hydrogens is 295 g/mol. The van der Waals surface area contributed by atoms with Crippen molar-refractivity contribution < 1.29 is 4.79 Å². The minimum absolute atomic E-state index is 0.167. The third-order valence-corrected chi connectivity index (χ3v) is 3.83. The van der Waals surface area contributed by atoms with Crippen LogP contribution in [0.2, 0.25) is 10.0 Å². The number of amides is 1. The summed E-state index contributed by atoms with van der Waals surface area (Å²) in [4.78, 5) is 12.2. The van der Waals surface area contributed by atoms with E-state index >= 15 is 0 Å². The number of halogens is 2. The molecule has 2 aromatic carbocycles. The van der Waals surface area contributed by atoms with Gasteiger partial charge >= 0.3 is 0 Å². The van der Waals surface area contributed by atoms with E-state index in [-0.39, 0.29) is 11.8 Å². The Labute approximate surface area is 127 Å². The van der Waals surface area contributed by atoms with Gasteiger partial charge in [0.15, 0.2) is 0 Å². The Morgan fingerprint density at radius 3 is 2.60 bits per heavy atom. The van der Waals surface area contributed by atoms with Crippen LogP contribution in [0.3, 0.4) is 0 Å². The molecule has 0 aliphatic heterocycles. The van der Waals surface area contributed by atoms with Crippen molar-refractivity contribution in [3.05, 3.63) is 58.1 Å². The summed E-state index contributed by atoms with van der Waals surface area (Å²) < 4.78 is 0. The van der Waals surface area contributed by atoms with Crippen molar-refractivity contribution in [2.75, 3.05) is 11.1 Å². The molecule has 0 radical (unpaired) electrons. The topological polar surface area (TPSA) is 55.1 Å². The lowest BCUT2D eigenvalue weighted by Crippen LogP contribution is -2.19. The van der Waals surface area contributed by atoms with Gasteiger partial charge in [0.1, 0.15) is 0 Å². The minimum atomic E-state index is -0.339. The van der Waals surface area contributed by atoms with Crippen LogP contribution < -0.4 is 11.1 Å². The number of carbonyl (C=O) groups is 1. The zero-order chi connectivity index (χ0) is 14.7. The molecule has 20 heavy (non-hydrogen) atoms. The summed E-state index contributed by atoms with van der Waals surface area (Å²) in [5.41, 5.74) is 7.70. The molecule has 0 aliphatic rings. The Morgan fingerprint density at radius 1 is 1.20 bits per heavy atom. The number of rotatable bonds is 3. The first kappa shape index (κ1) is 14.7.